The van der Waals surface area contributed by atoms with Crippen molar-refractivity contribution in [3.8, 4) is 5.75 Å². The molecule has 0 aliphatic rings. The second-order valence-electron chi connectivity index (χ2n) is 2.18. The average molecular weight is 272 g/mol. The van der Waals surface area contributed by atoms with Gasteiger partial charge in [-0.05, 0) is 28.1 Å². The highest BCUT2D eigenvalue weighted by atomic mass is 79.9. The molecule has 0 aliphatic heterocycles. The Morgan fingerprint density at radius 3 is 2.54 bits per heavy atom. The standard InChI is InChI=1S/C7H5BrClF2NO/c8-4-1-3(9)2-5(12)6(4)13-7(10)11/h1-2,7H,12H2. The molecule has 72 valence electrons. The maximum absolute atomic E-state index is 11.8. The lowest BCUT2D eigenvalue weighted by molar-refractivity contribution is -0.0498. The van der Waals surface area contributed by atoms with Crippen LogP contribution in [-0.2, 0) is 0 Å². The Morgan fingerprint density at radius 2 is 2.08 bits per heavy atom. The van der Waals surface area contributed by atoms with Crippen LogP contribution in [0.3, 0.4) is 0 Å². The molecule has 2 nitrogen and oxygen atoms in total. The summed E-state index contributed by atoms with van der Waals surface area (Å²) < 4.78 is 28.2. The highest BCUT2D eigenvalue weighted by Crippen LogP contribution is 2.35. The molecule has 0 aliphatic carbocycles. The average Bonchev–Trinajstić information content (AvgIpc) is 1.96. The first kappa shape index (κ1) is 10.5. The minimum atomic E-state index is -2.90. The predicted octanol–water partition coefficient (Wildman–Crippen LogP) is 3.29. The Labute approximate surface area is 86.8 Å². The Kier molecular flexibility index (Phi) is 3.33. The number of ether oxygens (including phenoxy) is 1. The first-order valence-corrected chi connectivity index (χ1v) is 4.37. The molecule has 0 saturated heterocycles. The first-order valence-electron chi connectivity index (χ1n) is 3.20. The molecule has 0 fully saturated rings. The van der Waals surface area contributed by atoms with Gasteiger partial charge in [-0.1, -0.05) is 11.6 Å². The van der Waals surface area contributed by atoms with E-state index in [4.69, 9.17) is 17.3 Å². The molecule has 1 aromatic rings. The van der Waals surface area contributed by atoms with Crippen LogP contribution < -0.4 is 10.5 Å². The Morgan fingerprint density at radius 1 is 1.46 bits per heavy atom. The molecule has 0 spiro atoms. The molecular formula is C7H5BrClF2NO. The second-order valence-corrected chi connectivity index (χ2v) is 3.48. The zero-order chi connectivity index (χ0) is 10.0. The van der Waals surface area contributed by atoms with E-state index in [-0.39, 0.29) is 11.4 Å². The highest BCUT2D eigenvalue weighted by Gasteiger charge is 2.12. The largest absolute Gasteiger partial charge is 0.431 e. The van der Waals surface area contributed by atoms with Crippen molar-refractivity contribution in [3.05, 3.63) is 21.6 Å². The lowest BCUT2D eigenvalue weighted by atomic mass is 10.3. The SMILES string of the molecule is Nc1cc(Cl)cc(Br)c1OC(F)F. The molecule has 1 aromatic carbocycles. The van der Waals surface area contributed by atoms with Gasteiger partial charge >= 0.3 is 6.61 Å². The third-order valence-corrected chi connectivity index (χ3v) is 2.05. The summed E-state index contributed by atoms with van der Waals surface area (Å²) in [7, 11) is 0. The van der Waals surface area contributed by atoms with Gasteiger partial charge < -0.3 is 10.5 Å². The number of nitrogen functional groups attached to an aromatic ring is 1. The van der Waals surface area contributed by atoms with Crippen molar-refractivity contribution < 1.29 is 13.5 Å². The van der Waals surface area contributed by atoms with E-state index in [0.717, 1.165) is 0 Å². The summed E-state index contributed by atoms with van der Waals surface area (Å²) in [5.41, 5.74) is 5.47. The van der Waals surface area contributed by atoms with Gasteiger partial charge in [0.25, 0.3) is 0 Å². The van der Waals surface area contributed by atoms with Gasteiger partial charge in [0.15, 0.2) is 5.75 Å². The molecule has 0 unspecified atom stereocenters. The molecule has 0 bridgehead atoms. The molecule has 0 aromatic heterocycles. The van der Waals surface area contributed by atoms with E-state index >= 15 is 0 Å². The first-order chi connectivity index (χ1) is 6.00. The number of alkyl halides is 2. The van der Waals surface area contributed by atoms with Crippen LogP contribution in [0.5, 0.6) is 5.75 Å². The van der Waals surface area contributed by atoms with Gasteiger partial charge in [-0.25, -0.2) is 0 Å². The van der Waals surface area contributed by atoms with Crippen LogP contribution in [0, 0.1) is 0 Å². The summed E-state index contributed by atoms with van der Waals surface area (Å²) in [5.74, 6) is -0.0978. The van der Waals surface area contributed by atoms with E-state index in [1.807, 2.05) is 0 Å². The minimum absolute atomic E-state index is 0.0691. The van der Waals surface area contributed by atoms with Crippen LogP contribution in [0.2, 0.25) is 5.02 Å². The zero-order valence-electron chi connectivity index (χ0n) is 6.23. The number of anilines is 1. The van der Waals surface area contributed by atoms with Gasteiger partial charge in [0.05, 0.1) is 10.2 Å². The predicted molar refractivity (Wildman–Crippen MR) is 50.2 cm³/mol. The second kappa shape index (κ2) is 4.11. The van der Waals surface area contributed by atoms with Crippen molar-refractivity contribution in [3.63, 3.8) is 0 Å². The van der Waals surface area contributed by atoms with Crippen molar-refractivity contribution in [2.45, 2.75) is 6.61 Å². The van der Waals surface area contributed by atoms with Crippen molar-refractivity contribution in [2.75, 3.05) is 5.73 Å². The van der Waals surface area contributed by atoms with Crippen LogP contribution in [0.25, 0.3) is 0 Å². The van der Waals surface area contributed by atoms with Crippen LogP contribution in [0.1, 0.15) is 0 Å². The summed E-state index contributed by atoms with van der Waals surface area (Å²) in [6, 6.07) is 2.76. The Balaban J connectivity index is 3.06. The van der Waals surface area contributed by atoms with Crippen molar-refractivity contribution in [1.82, 2.24) is 0 Å². The van der Waals surface area contributed by atoms with E-state index in [2.05, 4.69) is 20.7 Å². The van der Waals surface area contributed by atoms with E-state index in [9.17, 15) is 8.78 Å². The number of hydrogen-bond acceptors (Lipinski definition) is 2. The molecule has 0 atom stereocenters. The molecule has 0 amide bonds. The van der Waals surface area contributed by atoms with E-state index in [1.165, 1.54) is 12.1 Å². The molecule has 0 heterocycles. The van der Waals surface area contributed by atoms with Crippen LogP contribution in [0.15, 0.2) is 16.6 Å². The number of halogens is 4. The van der Waals surface area contributed by atoms with Gasteiger partial charge in [0.1, 0.15) is 0 Å². The number of rotatable bonds is 2. The fourth-order valence-corrected chi connectivity index (χ4v) is 1.72. The van der Waals surface area contributed by atoms with E-state index < -0.39 is 6.61 Å². The van der Waals surface area contributed by atoms with Gasteiger partial charge in [0, 0.05) is 5.02 Å². The Bertz CT molecular complexity index is 298. The highest BCUT2D eigenvalue weighted by molar-refractivity contribution is 9.10. The van der Waals surface area contributed by atoms with E-state index in [1.54, 1.807) is 0 Å². The molecule has 2 N–H and O–H groups in total. The summed E-state index contributed by atoms with van der Waals surface area (Å²) >= 11 is 8.61. The normalized spacial score (nSPS) is 10.5. The molecule has 1 rings (SSSR count). The lowest BCUT2D eigenvalue weighted by Crippen LogP contribution is -2.05. The summed E-state index contributed by atoms with van der Waals surface area (Å²) in [6.07, 6.45) is 0. The van der Waals surface area contributed by atoms with Crippen LogP contribution in [0.4, 0.5) is 14.5 Å². The quantitative estimate of drug-likeness (QED) is 0.839. The molecular weight excluding hydrogens is 267 g/mol. The maximum Gasteiger partial charge on any atom is 0.387 e. The van der Waals surface area contributed by atoms with Gasteiger partial charge in [-0.3, -0.25) is 0 Å². The molecule has 0 radical (unpaired) electrons. The Hall–Kier alpha value is -0.550. The number of hydrogen-bond donors (Lipinski definition) is 1. The molecule has 13 heavy (non-hydrogen) atoms. The smallest absolute Gasteiger partial charge is 0.387 e. The zero-order valence-corrected chi connectivity index (χ0v) is 8.57. The molecule has 0 saturated carbocycles. The van der Waals surface area contributed by atoms with Crippen LogP contribution in [-0.4, -0.2) is 6.61 Å². The molecule has 6 heteroatoms. The van der Waals surface area contributed by atoms with Crippen LogP contribution >= 0.6 is 27.5 Å². The summed E-state index contributed by atoms with van der Waals surface area (Å²) in [6.45, 7) is -2.90. The van der Waals surface area contributed by atoms with Crippen molar-refractivity contribution in [1.29, 1.82) is 0 Å². The van der Waals surface area contributed by atoms with Crippen molar-refractivity contribution >= 4 is 33.2 Å². The monoisotopic (exact) mass is 271 g/mol. The van der Waals surface area contributed by atoms with Gasteiger partial charge in [-0.2, -0.15) is 8.78 Å². The number of benzene rings is 1. The minimum Gasteiger partial charge on any atom is -0.431 e. The number of nitrogens with two attached hydrogens (primary N) is 1. The summed E-state index contributed by atoms with van der Waals surface area (Å²) in [5, 5.41) is 0.353. The summed E-state index contributed by atoms with van der Waals surface area (Å²) in [4.78, 5) is 0. The maximum atomic E-state index is 11.8. The van der Waals surface area contributed by atoms with E-state index in [0.29, 0.717) is 9.50 Å². The fraction of sp³-hybridized carbons (Fsp3) is 0.143. The van der Waals surface area contributed by atoms with Crippen molar-refractivity contribution in [2.24, 2.45) is 0 Å². The topological polar surface area (TPSA) is 35.2 Å². The van der Waals surface area contributed by atoms with Gasteiger partial charge in [0.2, 0.25) is 0 Å². The lowest BCUT2D eigenvalue weighted by Gasteiger charge is -2.09. The van der Waals surface area contributed by atoms with Gasteiger partial charge in [-0.15, -0.1) is 0 Å². The third kappa shape index (κ3) is 2.70. The third-order valence-electron chi connectivity index (χ3n) is 1.24. The fourth-order valence-electron chi connectivity index (χ4n) is 0.794.